The van der Waals surface area contributed by atoms with Crippen molar-refractivity contribution in [3.63, 3.8) is 0 Å². The van der Waals surface area contributed by atoms with Crippen LogP contribution in [-0.2, 0) is 12.8 Å². The lowest BCUT2D eigenvalue weighted by Gasteiger charge is -2.09. The number of nitrogens with one attached hydrogen (secondary N) is 2. The molecule has 3 heterocycles. The van der Waals surface area contributed by atoms with E-state index in [1.165, 1.54) is 19.5 Å². The van der Waals surface area contributed by atoms with E-state index in [-0.39, 0.29) is 5.91 Å². The number of nitrogens with zero attached hydrogens (tertiary/aromatic N) is 3. The Balaban J connectivity index is 1.71. The zero-order chi connectivity index (χ0) is 17.2. The zero-order valence-electron chi connectivity index (χ0n) is 13.7. The minimum absolute atomic E-state index is 0.251. The van der Waals surface area contributed by atoms with Crippen LogP contribution in [0.5, 0.6) is 5.88 Å². The number of amides is 1. The van der Waals surface area contributed by atoms with Gasteiger partial charge in [-0.15, -0.1) is 0 Å². The normalized spacial score (nSPS) is 12.7. The minimum Gasteiger partial charge on any atom is -0.480 e. The predicted molar refractivity (Wildman–Crippen MR) is 92.6 cm³/mol. The highest BCUT2D eigenvalue weighted by Gasteiger charge is 2.24. The minimum atomic E-state index is -0.251. The number of hydrogen-bond donors (Lipinski definition) is 2. The van der Waals surface area contributed by atoms with Gasteiger partial charge in [0.2, 0.25) is 5.88 Å². The summed E-state index contributed by atoms with van der Waals surface area (Å²) in [5.41, 5.74) is 4.51. The molecule has 0 spiro atoms. The summed E-state index contributed by atoms with van der Waals surface area (Å²) in [5, 5.41) is 2.78. The molecule has 0 aromatic carbocycles. The number of H-pyrrole nitrogens is 1. The topological polar surface area (TPSA) is 92.8 Å². The van der Waals surface area contributed by atoms with E-state index in [0.717, 1.165) is 41.8 Å². The number of carbonyl (C=O) groups excluding carboxylic acids is 1. The highest BCUT2D eigenvalue weighted by molar-refractivity contribution is 6.08. The van der Waals surface area contributed by atoms with Crippen molar-refractivity contribution in [1.82, 2.24) is 19.9 Å². The average Bonchev–Trinajstić information content (AvgIpc) is 2.97. The van der Waals surface area contributed by atoms with Crippen molar-refractivity contribution in [1.29, 1.82) is 0 Å². The summed E-state index contributed by atoms with van der Waals surface area (Å²) in [6.45, 7) is 0. The van der Waals surface area contributed by atoms with Gasteiger partial charge in [0.15, 0.2) is 5.82 Å². The molecule has 1 aliphatic rings. The number of anilines is 1. The highest BCUT2D eigenvalue weighted by Crippen LogP contribution is 2.33. The van der Waals surface area contributed by atoms with Crippen LogP contribution in [0.15, 0.2) is 36.9 Å². The fraction of sp³-hybridized carbons (Fsp3) is 0.222. The van der Waals surface area contributed by atoms with Crippen molar-refractivity contribution >= 4 is 11.7 Å². The van der Waals surface area contributed by atoms with Crippen molar-refractivity contribution in [2.24, 2.45) is 0 Å². The first-order chi connectivity index (χ1) is 12.3. The summed E-state index contributed by atoms with van der Waals surface area (Å²) in [4.78, 5) is 28.7. The molecule has 0 saturated heterocycles. The summed E-state index contributed by atoms with van der Waals surface area (Å²) < 4.78 is 5.04. The Morgan fingerprint density at radius 2 is 2.24 bits per heavy atom. The fourth-order valence-electron chi connectivity index (χ4n) is 3.12. The zero-order valence-corrected chi connectivity index (χ0v) is 13.7. The number of rotatable bonds is 3. The Labute approximate surface area is 144 Å². The molecule has 0 fully saturated rings. The lowest BCUT2D eigenvalue weighted by Crippen LogP contribution is -2.14. The molecule has 126 valence electrons. The third-order valence-electron chi connectivity index (χ3n) is 4.27. The van der Waals surface area contributed by atoms with Crippen LogP contribution in [0.4, 0.5) is 5.82 Å². The highest BCUT2D eigenvalue weighted by atomic mass is 16.5. The van der Waals surface area contributed by atoms with E-state index in [2.05, 4.69) is 31.3 Å². The maximum Gasteiger partial charge on any atom is 0.259 e. The van der Waals surface area contributed by atoms with E-state index >= 15 is 0 Å². The largest absolute Gasteiger partial charge is 0.480 e. The molecule has 4 rings (SSSR count). The Morgan fingerprint density at radius 3 is 3.12 bits per heavy atom. The van der Waals surface area contributed by atoms with Gasteiger partial charge < -0.3 is 15.0 Å². The number of aromatic nitrogens is 4. The smallest absolute Gasteiger partial charge is 0.259 e. The van der Waals surface area contributed by atoms with Crippen molar-refractivity contribution in [2.45, 2.75) is 19.3 Å². The number of fused-ring (bicyclic) bond motifs is 3. The van der Waals surface area contributed by atoms with Crippen LogP contribution >= 0.6 is 0 Å². The van der Waals surface area contributed by atoms with E-state index in [4.69, 9.17) is 4.74 Å². The third-order valence-corrected chi connectivity index (χ3v) is 4.27. The van der Waals surface area contributed by atoms with Crippen molar-refractivity contribution < 1.29 is 9.53 Å². The third kappa shape index (κ3) is 2.84. The first-order valence-electron chi connectivity index (χ1n) is 8.08. The number of carbonyl (C=O) groups is 1. The molecular weight excluding hydrogens is 318 g/mol. The van der Waals surface area contributed by atoms with Crippen LogP contribution in [0.1, 0.15) is 28.0 Å². The number of aromatic amines is 1. The number of aryl methyl sites for hydroxylation is 2. The molecule has 25 heavy (non-hydrogen) atoms. The fourth-order valence-corrected chi connectivity index (χ4v) is 3.12. The second-order valence-corrected chi connectivity index (χ2v) is 5.82. The molecule has 0 bridgehead atoms. The molecule has 7 nitrogen and oxygen atoms in total. The predicted octanol–water partition coefficient (Wildman–Crippen LogP) is 2.62. The summed E-state index contributed by atoms with van der Waals surface area (Å²) >= 11 is 0. The van der Waals surface area contributed by atoms with Crippen molar-refractivity contribution in [3.8, 4) is 17.1 Å². The molecule has 0 unspecified atom stereocenters. The standard InChI is InChI=1S/C18H17N5O2/c1-25-15-10-19-9-14(22-15)23-18(24)12-8-21-13-6-2-4-11-5-3-7-20-17(11)16(12)13/h3,5,7-10,21H,2,4,6H2,1H3,(H,22,23,24). The number of methoxy groups -OCH3 is 1. The summed E-state index contributed by atoms with van der Waals surface area (Å²) in [5.74, 6) is 0.436. The van der Waals surface area contributed by atoms with E-state index in [1.54, 1.807) is 12.4 Å². The molecule has 3 aromatic rings. The van der Waals surface area contributed by atoms with E-state index in [1.807, 2.05) is 6.07 Å². The van der Waals surface area contributed by atoms with Crippen LogP contribution in [0.2, 0.25) is 0 Å². The Morgan fingerprint density at radius 1 is 1.32 bits per heavy atom. The van der Waals surface area contributed by atoms with Gasteiger partial charge in [-0.05, 0) is 30.9 Å². The van der Waals surface area contributed by atoms with Crippen molar-refractivity contribution in [2.75, 3.05) is 12.4 Å². The summed E-state index contributed by atoms with van der Waals surface area (Å²) in [7, 11) is 1.50. The van der Waals surface area contributed by atoms with Gasteiger partial charge >= 0.3 is 0 Å². The first-order valence-corrected chi connectivity index (χ1v) is 8.08. The van der Waals surface area contributed by atoms with Gasteiger partial charge in [-0.2, -0.15) is 4.98 Å². The van der Waals surface area contributed by atoms with Gasteiger partial charge in [-0.25, -0.2) is 0 Å². The van der Waals surface area contributed by atoms with Crippen LogP contribution < -0.4 is 10.1 Å². The maximum atomic E-state index is 12.8. The molecule has 3 aromatic heterocycles. The second kappa shape index (κ2) is 6.35. The molecule has 0 saturated carbocycles. The first kappa shape index (κ1) is 15.3. The van der Waals surface area contributed by atoms with Crippen LogP contribution in [0.25, 0.3) is 11.3 Å². The van der Waals surface area contributed by atoms with Gasteiger partial charge in [0.1, 0.15) is 0 Å². The molecule has 1 aliphatic carbocycles. The maximum absolute atomic E-state index is 12.8. The van der Waals surface area contributed by atoms with Gasteiger partial charge in [0, 0.05) is 23.7 Å². The quantitative estimate of drug-likeness (QED) is 0.767. The Bertz CT molecular complexity index is 935. The number of pyridine rings is 1. The average molecular weight is 335 g/mol. The van der Waals surface area contributed by atoms with E-state index < -0.39 is 0 Å². The van der Waals surface area contributed by atoms with Crippen LogP contribution in [0, 0.1) is 0 Å². The lowest BCUT2D eigenvalue weighted by atomic mass is 10.0. The molecule has 1 amide bonds. The van der Waals surface area contributed by atoms with Gasteiger partial charge in [-0.3, -0.25) is 14.8 Å². The molecule has 7 heteroatoms. The Hall–Kier alpha value is -3.22. The summed E-state index contributed by atoms with van der Waals surface area (Å²) in [6, 6.07) is 4.00. The lowest BCUT2D eigenvalue weighted by molar-refractivity contribution is 0.102. The second-order valence-electron chi connectivity index (χ2n) is 5.82. The molecule has 0 atom stereocenters. The SMILES string of the molecule is COc1cncc(NC(=O)c2c[nH]c3c2-c2ncccc2CCC3)n1. The van der Waals surface area contributed by atoms with E-state index in [0.29, 0.717) is 17.3 Å². The summed E-state index contributed by atoms with van der Waals surface area (Å²) in [6.07, 6.45) is 9.32. The molecule has 0 aliphatic heterocycles. The monoisotopic (exact) mass is 335 g/mol. The molecule has 2 N–H and O–H groups in total. The number of hydrogen-bond acceptors (Lipinski definition) is 5. The van der Waals surface area contributed by atoms with E-state index in [9.17, 15) is 4.79 Å². The Kier molecular flexibility index (Phi) is 3.89. The van der Waals surface area contributed by atoms with Crippen LogP contribution in [-0.4, -0.2) is 33.0 Å². The van der Waals surface area contributed by atoms with Gasteiger partial charge in [0.05, 0.1) is 30.8 Å². The van der Waals surface area contributed by atoms with Gasteiger partial charge in [-0.1, -0.05) is 6.07 Å². The molecular formula is C18H17N5O2. The molecule has 0 radical (unpaired) electrons. The van der Waals surface area contributed by atoms with Crippen LogP contribution in [0.3, 0.4) is 0 Å². The number of ether oxygens (including phenoxy) is 1. The van der Waals surface area contributed by atoms with Gasteiger partial charge in [0.25, 0.3) is 5.91 Å². The van der Waals surface area contributed by atoms with Crippen molar-refractivity contribution in [3.05, 3.63) is 53.7 Å².